The van der Waals surface area contributed by atoms with E-state index in [9.17, 15) is 9.18 Å². The van der Waals surface area contributed by atoms with Crippen LogP contribution in [0, 0.1) is 5.82 Å². The molecule has 1 amide bonds. The molecule has 2 aromatic carbocycles. The summed E-state index contributed by atoms with van der Waals surface area (Å²) in [6.07, 6.45) is 0.119. The number of rotatable bonds is 6. The molecule has 0 aliphatic heterocycles. The number of ether oxygens (including phenoxy) is 1. The zero-order chi connectivity index (χ0) is 18.5. The van der Waals surface area contributed by atoms with Gasteiger partial charge in [0.15, 0.2) is 4.80 Å². The molecule has 0 saturated carbocycles. The van der Waals surface area contributed by atoms with Crippen LogP contribution in [0.4, 0.5) is 4.39 Å². The lowest BCUT2D eigenvalue weighted by Gasteiger charge is -2.05. The fraction of sp³-hybridized carbons (Fsp3) is 0.263. The monoisotopic (exact) mass is 392 g/mol. The molecule has 1 aromatic heterocycles. The lowest BCUT2D eigenvalue weighted by Crippen LogP contribution is -2.20. The van der Waals surface area contributed by atoms with Gasteiger partial charge in [-0.05, 0) is 36.8 Å². The van der Waals surface area contributed by atoms with Crippen molar-refractivity contribution in [2.24, 2.45) is 4.99 Å². The first kappa shape index (κ1) is 18.8. The van der Waals surface area contributed by atoms with Crippen LogP contribution in [0.15, 0.2) is 47.5 Å². The van der Waals surface area contributed by atoms with Gasteiger partial charge in [0.2, 0.25) is 0 Å². The van der Waals surface area contributed by atoms with Gasteiger partial charge in [-0.15, -0.1) is 0 Å². The lowest BCUT2D eigenvalue weighted by atomic mass is 10.1. The number of halogens is 2. The maximum atomic E-state index is 13.5. The molecule has 0 unspecified atom stereocenters. The summed E-state index contributed by atoms with van der Waals surface area (Å²) in [6, 6.07) is 11.8. The topological polar surface area (TPSA) is 43.6 Å². The van der Waals surface area contributed by atoms with Crippen LogP contribution in [0.3, 0.4) is 0 Å². The van der Waals surface area contributed by atoms with Gasteiger partial charge in [-0.1, -0.05) is 41.1 Å². The van der Waals surface area contributed by atoms with E-state index in [1.807, 2.05) is 23.6 Å². The summed E-state index contributed by atoms with van der Waals surface area (Å²) in [4.78, 5) is 17.2. The number of nitrogens with zero attached hydrogens (tertiary/aromatic N) is 2. The van der Waals surface area contributed by atoms with Crippen molar-refractivity contribution in [3.63, 3.8) is 0 Å². The first-order valence-corrected chi connectivity index (χ1v) is 9.45. The highest BCUT2D eigenvalue weighted by molar-refractivity contribution is 7.16. The van der Waals surface area contributed by atoms with Gasteiger partial charge in [0.1, 0.15) is 5.82 Å². The average Bonchev–Trinajstić information content (AvgIpc) is 2.93. The molecule has 3 rings (SSSR count). The molecule has 1 heterocycles. The summed E-state index contributed by atoms with van der Waals surface area (Å²) >= 11 is 7.40. The molecule has 7 heteroatoms. The Kier molecular flexibility index (Phi) is 6.19. The van der Waals surface area contributed by atoms with Crippen LogP contribution in [0.1, 0.15) is 12.5 Å². The number of amides is 1. The smallest absolute Gasteiger partial charge is 0.252 e. The number of benzene rings is 2. The van der Waals surface area contributed by atoms with Gasteiger partial charge >= 0.3 is 0 Å². The Morgan fingerprint density at radius 3 is 2.88 bits per heavy atom. The molecule has 0 N–H and O–H groups in total. The Hall–Kier alpha value is -2.02. The Morgan fingerprint density at radius 1 is 1.31 bits per heavy atom. The van der Waals surface area contributed by atoms with Crippen LogP contribution in [0.2, 0.25) is 5.02 Å². The second-order valence-corrected chi connectivity index (χ2v) is 7.04. The van der Waals surface area contributed by atoms with E-state index in [-0.39, 0.29) is 18.1 Å². The predicted molar refractivity (Wildman–Crippen MR) is 102 cm³/mol. The van der Waals surface area contributed by atoms with Gasteiger partial charge in [-0.3, -0.25) is 4.79 Å². The summed E-state index contributed by atoms with van der Waals surface area (Å²) in [5, 5.41) is 0.540. The van der Waals surface area contributed by atoms with Gasteiger partial charge in [-0.25, -0.2) is 4.39 Å². The molecule has 0 radical (unpaired) electrons. The number of hydrogen-bond acceptors (Lipinski definition) is 3. The molecule has 136 valence electrons. The predicted octanol–water partition coefficient (Wildman–Crippen LogP) is 4.20. The molecule has 4 nitrogen and oxygen atoms in total. The molecule has 0 aliphatic rings. The molecule has 0 saturated heterocycles. The summed E-state index contributed by atoms with van der Waals surface area (Å²) < 4.78 is 21.6. The highest BCUT2D eigenvalue weighted by Gasteiger charge is 2.10. The summed E-state index contributed by atoms with van der Waals surface area (Å²) in [5.74, 6) is -0.611. The maximum absolute atomic E-state index is 13.5. The molecule has 0 fully saturated rings. The van der Waals surface area contributed by atoms with E-state index in [1.165, 1.54) is 23.5 Å². The molecule has 0 bridgehead atoms. The Balaban J connectivity index is 1.96. The molecule has 26 heavy (non-hydrogen) atoms. The lowest BCUT2D eigenvalue weighted by molar-refractivity contribution is -0.117. The van der Waals surface area contributed by atoms with Gasteiger partial charge in [0, 0.05) is 18.2 Å². The van der Waals surface area contributed by atoms with Crippen molar-refractivity contribution >= 4 is 39.1 Å². The first-order valence-electron chi connectivity index (χ1n) is 8.26. The summed E-state index contributed by atoms with van der Waals surface area (Å²) in [7, 11) is 0. The second kappa shape index (κ2) is 8.58. The zero-order valence-corrected chi connectivity index (χ0v) is 15.8. The van der Waals surface area contributed by atoms with Crippen molar-refractivity contribution in [2.75, 3.05) is 13.2 Å². The van der Waals surface area contributed by atoms with Crippen molar-refractivity contribution in [1.29, 1.82) is 0 Å². The Morgan fingerprint density at radius 2 is 2.12 bits per heavy atom. The molecule has 3 aromatic rings. The third-order valence-electron chi connectivity index (χ3n) is 3.83. The van der Waals surface area contributed by atoms with E-state index in [4.69, 9.17) is 16.3 Å². The molecule has 0 aliphatic carbocycles. The fourth-order valence-electron chi connectivity index (χ4n) is 2.60. The number of thiazole rings is 1. The zero-order valence-electron chi connectivity index (χ0n) is 14.2. The molecular formula is C19H18ClFN2O2S. The van der Waals surface area contributed by atoms with E-state index in [1.54, 1.807) is 18.2 Å². The number of carbonyl (C=O) groups is 1. The minimum atomic E-state index is -0.315. The first-order chi connectivity index (χ1) is 12.6. The molecule has 0 atom stereocenters. The summed E-state index contributed by atoms with van der Waals surface area (Å²) in [6.45, 7) is 3.56. The van der Waals surface area contributed by atoms with E-state index in [0.717, 1.165) is 15.8 Å². The van der Waals surface area contributed by atoms with Crippen LogP contribution < -0.4 is 4.80 Å². The number of aromatic nitrogens is 1. The molecular weight excluding hydrogens is 375 g/mol. The highest BCUT2D eigenvalue weighted by atomic mass is 35.5. The van der Waals surface area contributed by atoms with Gasteiger partial charge < -0.3 is 9.30 Å². The van der Waals surface area contributed by atoms with Crippen LogP contribution >= 0.6 is 22.9 Å². The van der Waals surface area contributed by atoms with E-state index in [0.29, 0.717) is 29.6 Å². The largest absolute Gasteiger partial charge is 0.380 e. The van der Waals surface area contributed by atoms with E-state index in [2.05, 4.69) is 4.99 Å². The van der Waals surface area contributed by atoms with E-state index >= 15 is 0 Å². The standard InChI is InChI=1S/C19H18ClFN2O2S/c1-2-25-10-9-23-16-8-7-14(21)12-17(16)26-19(23)22-18(24)11-13-5-3-4-6-15(13)20/h3-8,12H,2,9-11H2,1H3. The Labute approximate surface area is 159 Å². The fourth-order valence-corrected chi connectivity index (χ4v) is 3.90. The number of carbonyl (C=O) groups excluding carboxylic acids is 1. The van der Waals surface area contributed by atoms with Crippen LogP contribution in [-0.2, 0) is 22.5 Å². The van der Waals surface area contributed by atoms with Gasteiger partial charge in [-0.2, -0.15) is 4.99 Å². The highest BCUT2D eigenvalue weighted by Crippen LogP contribution is 2.19. The van der Waals surface area contributed by atoms with Crippen LogP contribution in [0.5, 0.6) is 0 Å². The van der Waals surface area contributed by atoms with E-state index < -0.39 is 0 Å². The SMILES string of the molecule is CCOCCn1c(=NC(=O)Cc2ccccc2Cl)sc2cc(F)ccc21. The third-order valence-corrected chi connectivity index (χ3v) is 5.24. The summed E-state index contributed by atoms with van der Waals surface area (Å²) in [5.41, 5.74) is 1.57. The minimum Gasteiger partial charge on any atom is -0.380 e. The maximum Gasteiger partial charge on any atom is 0.252 e. The van der Waals surface area contributed by atoms with Crippen molar-refractivity contribution in [3.05, 3.63) is 63.7 Å². The van der Waals surface area contributed by atoms with Crippen LogP contribution in [-0.4, -0.2) is 23.7 Å². The van der Waals surface area contributed by atoms with Gasteiger partial charge in [0.25, 0.3) is 5.91 Å². The number of hydrogen-bond donors (Lipinski definition) is 0. The van der Waals surface area contributed by atoms with Crippen molar-refractivity contribution in [2.45, 2.75) is 19.9 Å². The second-order valence-electron chi connectivity index (χ2n) is 5.62. The van der Waals surface area contributed by atoms with Crippen molar-refractivity contribution in [3.8, 4) is 0 Å². The van der Waals surface area contributed by atoms with Gasteiger partial charge in [0.05, 0.1) is 23.2 Å². The third kappa shape index (κ3) is 4.38. The van der Waals surface area contributed by atoms with Crippen molar-refractivity contribution in [1.82, 2.24) is 4.57 Å². The minimum absolute atomic E-state index is 0.119. The average molecular weight is 393 g/mol. The number of fused-ring (bicyclic) bond motifs is 1. The van der Waals surface area contributed by atoms with Crippen molar-refractivity contribution < 1.29 is 13.9 Å². The normalized spacial score (nSPS) is 12.0. The van der Waals surface area contributed by atoms with Crippen LogP contribution in [0.25, 0.3) is 10.2 Å². The quantitative estimate of drug-likeness (QED) is 0.590. The Bertz CT molecular complexity index is 997. The molecule has 0 spiro atoms.